The molecule has 6 nitrogen and oxygen atoms in total. The summed E-state index contributed by atoms with van der Waals surface area (Å²) < 4.78 is 27.2. The van der Waals surface area contributed by atoms with E-state index in [4.69, 9.17) is 11.6 Å². The van der Waals surface area contributed by atoms with Gasteiger partial charge in [-0.05, 0) is 57.6 Å². The molecule has 0 saturated carbocycles. The maximum atomic E-state index is 12.6. The van der Waals surface area contributed by atoms with E-state index in [0.29, 0.717) is 6.54 Å². The Balaban J connectivity index is 2.19. The van der Waals surface area contributed by atoms with Gasteiger partial charge >= 0.3 is 0 Å². The second kappa shape index (κ2) is 9.16. The molecule has 2 aromatic rings. The second-order valence-electron chi connectivity index (χ2n) is 6.62. The Morgan fingerprint density at radius 1 is 1.26 bits per heavy atom. The zero-order valence-corrected chi connectivity index (χ0v) is 18.1. The van der Waals surface area contributed by atoms with Crippen molar-refractivity contribution in [1.29, 1.82) is 0 Å². The molecule has 27 heavy (non-hydrogen) atoms. The van der Waals surface area contributed by atoms with E-state index in [1.54, 1.807) is 25.2 Å². The van der Waals surface area contributed by atoms with Gasteiger partial charge in [0.1, 0.15) is 0 Å². The normalized spacial score (nSPS) is 13.1. The molecule has 1 heterocycles. The van der Waals surface area contributed by atoms with Crippen LogP contribution in [0.25, 0.3) is 0 Å². The van der Waals surface area contributed by atoms with E-state index in [2.05, 4.69) is 10.0 Å². The Bertz CT molecular complexity index is 881. The van der Waals surface area contributed by atoms with E-state index in [1.165, 1.54) is 18.2 Å². The van der Waals surface area contributed by atoms with Crippen LogP contribution in [0.2, 0.25) is 5.02 Å². The fourth-order valence-corrected chi connectivity index (χ4v) is 4.93. The number of hydrogen-bond donors (Lipinski definition) is 2. The Morgan fingerprint density at radius 3 is 2.52 bits per heavy atom. The molecular formula is C18H24ClN3O3S2. The number of halogens is 1. The fourth-order valence-electron chi connectivity index (χ4n) is 2.53. The van der Waals surface area contributed by atoms with Gasteiger partial charge in [-0.15, -0.1) is 11.3 Å². The Morgan fingerprint density at radius 2 is 1.96 bits per heavy atom. The number of hydrogen-bond acceptors (Lipinski definition) is 5. The number of nitrogens with one attached hydrogen (secondary N) is 2. The SMILES string of the molecule is CC(C)NS(=O)(=O)c1ccc(Cl)c(C(=O)NCC(c2cccs2)N(C)C)c1. The molecule has 1 atom stereocenters. The first-order chi connectivity index (χ1) is 12.6. The van der Waals surface area contributed by atoms with Crippen LogP contribution in [0.5, 0.6) is 0 Å². The Hall–Kier alpha value is -1.45. The van der Waals surface area contributed by atoms with Crippen molar-refractivity contribution in [2.45, 2.75) is 30.8 Å². The van der Waals surface area contributed by atoms with Crippen LogP contribution in [0.1, 0.15) is 35.1 Å². The summed E-state index contributed by atoms with van der Waals surface area (Å²) in [6.07, 6.45) is 0. The van der Waals surface area contributed by atoms with Crippen LogP contribution in [0, 0.1) is 0 Å². The number of benzene rings is 1. The zero-order chi connectivity index (χ0) is 20.2. The summed E-state index contributed by atoms with van der Waals surface area (Å²) in [6, 6.07) is 7.85. The lowest BCUT2D eigenvalue weighted by molar-refractivity contribution is 0.0942. The smallest absolute Gasteiger partial charge is 0.252 e. The summed E-state index contributed by atoms with van der Waals surface area (Å²) in [5, 5.41) is 5.04. The van der Waals surface area contributed by atoms with E-state index < -0.39 is 15.9 Å². The maximum absolute atomic E-state index is 12.6. The van der Waals surface area contributed by atoms with Gasteiger partial charge in [-0.25, -0.2) is 13.1 Å². The van der Waals surface area contributed by atoms with Gasteiger partial charge < -0.3 is 10.2 Å². The summed E-state index contributed by atoms with van der Waals surface area (Å²) in [5.41, 5.74) is 0.131. The molecule has 0 saturated heterocycles. The van der Waals surface area contributed by atoms with Crippen molar-refractivity contribution in [3.8, 4) is 0 Å². The third-order valence-corrected chi connectivity index (χ3v) is 6.79. The molecule has 0 aliphatic rings. The molecule has 2 rings (SSSR count). The molecule has 1 aromatic heterocycles. The molecule has 1 amide bonds. The molecule has 0 aliphatic carbocycles. The number of nitrogens with zero attached hydrogens (tertiary/aromatic N) is 1. The van der Waals surface area contributed by atoms with Crippen molar-refractivity contribution in [2.75, 3.05) is 20.6 Å². The molecule has 0 spiro atoms. The first-order valence-corrected chi connectivity index (χ1v) is 11.2. The van der Waals surface area contributed by atoms with Gasteiger partial charge in [-0.3, -0.25) is 4.79 Å². The van der Waals surface area contributed by atoms with Crippen LogP contribution in [0.4, 0.5) is 0 Å². The first-order valence-electron chi connectivity index (χ1n) is 8.41. The highest BCUT2D eigenvalue weighted by atomic mass is 35.5. The largest absolute Gasteiger partial charge is 0.350 e. The lowest BCUT2D eigenvalue weighted by Gasteiger charge is -2.23. The average Bonchev–Trinajstić information content (AvgIpc) is 3.07. The van der Waals surface area contributed by atoms with Crippen LogP contribution in [-0.2, 0) is 10.0 Å². The minimum atomic E-state index is -3.71. The molecule has 2 N–H and O–H groups in total. The third-order valence-electron chi connectivity index (χ3n) is 3.83. The topological polar surface area (TPSA) is 78.5 Å². The second-order valence-corrected chi connectivity index (χ2v) is 9.72. The number of rotatable bonds is 8. The summed E-state index contributed by atoms with van der Waals surface area (Å²) in [5.74, 6) is -0.412. The standard InChI is InChI=1S/C18H24ClN3O3S2/c1-12(2)21-27(24,25)13-7-8-15(19)14(10-13)18(23)20-11-16(22(3)4)17-6-5-9-26-17/h5-10,12,16,21H,11H2,1-4H3,(H,20,23). The monoisotopic (exact) mass is 429 g/mol. The molecule has 148 valence electrons. The first kappa shape index (κ1) is 21.8. The van der Waals surface area contributed by atoms with Crippen LogP contribution in [0.3, 0.4) is 0 Å². The van der Waals surface area contributed by atoms with Crippen molar-refractivity contribution >= 4 is 38.9 Å². The molecular weight excluding hydrogens is 406 g/mol. The molecule has 0 fully saturated rings. The molecule has 0 radical (unpaired) electrons. The van der Waals surface area contributed by atoms with Gasteiger partial charge in [0.15, 0.2) is 0 Å². The number of carbonyl (C=O) groups excluding carboxylic acids is 1. The Kier molecular flexibility index (Phi) is 7.41. The van der Waals surface area contributed by atoms with Gasteiger partial charge in [-0.2, -0.15) is 0 Å². The van der Waals surface area contributed by atoms with Gasteiger partial charge in [0.25, 0.3) is 5.91 Å². The van der Waals surface area contributed by atoms with Gasteiger partial charge in [0.05, 0.1) is 21.5 Å². The van der Waals surface area contributed by atoms with Crippen molar-refractivity contribution in [3.63, 3.8) is 0 Å². The fraction of sp³-hybridized carbons (Fsp3) is 0.389. The summed E-state index contributed by atoms with van der Waals surface area (Å²) in [7, 11) is 0.170. The van der Waals surface area contributed by atoms with Gasteiger partial charge in [0.2, 0.25) is 10.0 Å². The predicted molar refractivity (Wildman–Crippen MR) is 110 cm³/mol. The van der Waals surface area contributed by atoms with E-state index in [1.807, 2.05) is 36.5 Å². The van der Waals surface area contributed by atoms with Gasteiger partial charge in [0, 0.05) is 17.5 Å². The van der Waals surface area contributed by atoms with Crippen molar-refractivity contribution in [1.82, 2.24) is 14.9 Å². The van der Waals surface area contributed by atoms with E-state index in [9.17, 15) is 13.2 Å². The molecule has 0 aliphatic heterocycles. The van der Waals surface area contributed by atoms with Crippen molar-refractivity contribution in [3.05, 3.63) is 51.2 Å². The highest BCUT2D eigenvalue weighted by Crippen LogP contribution is 2.24. The van der Waals surface area contributed by atoms with Crippen molar-refractivity contribution in [2.24, 2.45) is 0 Å². The van der Waals surface area contributed by atoms with E-state index in [0.717, 1.165) is 4.88 Å². The van der Waals surface area contributed by atoms with Crippen LogP contribution in [0.15, 0.2) is 40.6 Å². The quantitative estimate of drug-likeness (QED) is 0.675. The van der Waals surface area contributed by atoms with Crippen LogP contribution >= 0.6 is 22.9 Å². The summed E-state index contributed by atoms with van der Waals surface area (Å²) >= 11 is 7.75. The summed E-state index contributed by atoms with van der Waals surface area (Å²) in [4.78, 5) is 15.8. The minimum absolute atomic E-state index is 0.00756. The average molecular weight is 430 g/mol. The number of thiophene rings is 1. The minimum Gasteiger partial charge on any atom is -0.350 e. The number of amides is 1. The van der Waals surface area contributed by atoms with Crippen LogP contribution < -0.4 is 10.0 Å². The number of sulfonamides is 1. The van der Waals surface area contributed by atoms with Crippen molar-refractivity contribution < 1.29 is 13.2 Å². The number of likely N-dealkylation sites (N-methyl/N-ethyl adjacent to an activating group) is 1. The molecule has 9 heteroatoms. The number of carbonyl (C=O) groups is 1. The molecule has 1 unspecified atom stereocenters. The lowest BCUT2D eigenvalue weighted by Crippen LogP contribution is -2.34. The van der Waals surface area contributed by atoms with E-state index in [-0.39, 0.29) is 27.6 Å². The Labute approximate surface area is 169 Å². The lowest BCUT2D eigenvalue weighted by atomic mass is 10.2. The van der Waals surface area contributed by atoms with E-state index >= 15 is 0 Å². The third kappa shape index (κ3) is 5.76. The van der Waals surface area contributed by atoms with Crippen LogP contribution in [-0.4, -0.2) is 45.9 Å². The molecule has 1 aromatic carbocycles. The predicted octanol–water partition coefficient (Wildman–Crippen LogP) is 3.12. The maximum Gasteiger partial charge on any atom is 0.252 e. The molecule has 0 bridgehead atoms. The summed E-state index contributed by atoms with van der Waals surface area (Å²) in [6.45, 7) is 3.84. The van der Waals surface area contributed by atoms with Gasteiger partial charge in [-0.1, -0.05) is 17.7 Å². The zero-order valence-electron chi connectivity index (χ0n) is 15.7. The highest BCUT2D eigenvalue weighted by molar-refractivity contribution is 7.89. The highest BCUT2D eigenvalue weighted by Gasteiger charge is 2.21.